The Bertz CT molecular complexity index is 1090. The van der Waals surface area contributed by atoms with E-state index in [9.17, 15) is 9.59 Å². The molecule has 0 aliphatic heterocycles. The first-order valence-corrected chi connectivity index (χ1v) is 9.64. The van der Waals surface area contributed by atoms with Gasteiger partial charge in [0.25, 0.3) is 5.91 Å². The quantitative estimate of drug-likeness (QED) is 0.590. The summed E-state index contributed by atoms with van der Waals surface area (Å²) in [7, 11) is 1.59. The first-order valence-electron chi connectivity index (χ1n) is 8.83. The molecule has 1 amide bonds. The van der Waals surface area contributed by atoms with Crippen LogP contribution in [0.3, 0.4) is 0 Å². The molecule has 9 heteroatoms. The maximum absolute atomic E-state index is 12.5. The molecule has 2 heterocycles. The molecule has 1 aromatic carbocycles. The summed E-state index contributed by atoms with van der Waals surface area (Å²) in [5.74, 6) is -0.0367. The van der Waals surface area contributed by atoms with Crippen molar-refractivity contribution >= 4 is 33.4 Å². The van der Waals surface area contributed by atoms with Gasteiger partial charge in [-0.05, 0) is 45.0 Å². The summed E-state index contributed by atoms with van der Waals surface area (Å²) in [6, 6.07) is 7.40. The maximum Gasteiger partial charge on any atom is 0.326 e. The van der Waals surface area contributed by atoms with E-state index in [1.54, 1.807) is 29.3 Å². The number of hydrogen-bond donors (Lipinski definition) is 0. The number of aryl methyl sites for hydroxylation is 2. The molecular weight excluding hydrogens is 380 g/mol. The number of benzene rings is 1. The molecule has 0 atom stereocenters. The van der Waals surface area contributed by atoms with E-state index in [-0.39, 0.29) is 25.0 Å². The molecule has 0 aliphatic carbocycles. The molecule has 2 aromatic heterocycles. The minimum atomic E-state index is -0.384. The van der Waals surface area contributed by atoms with E-state index in [1.807, 2.05) is 32.0 Å². The van der Waals surface area contributed by atoms with Crippen molar-refractivity contribution in [1.82, 2.24) is 14.3 Å². The highest BCUT2D eigenvalue weighted by molar-refractivity contribution is 7.16. The van der Waals surface area contributed by atoms with Gasteiger partial charge in [0.2, 0.25) is 0 Å². The normalized spacial score (nSPS) is 11.8. The number of esters is 1. The van der Waals surface area contributed by atoms with Crippen LogP contribution in [0.5, 0.6) is 5.75 Å². The highest BCUT2D eigenvalue weighted by Gasteiger charge is 2.14. The van der Waals surface area contributed by atoms with E-state index in [0.717, 1.165) is 21.6 Å². The second kappa shape index (κ2) is 8.39. The second-order valence-electron chi connectivity index (χ2n) is 6.20. The molecule has 0 saturated heterocycles. The van der Waals surface area contributed by atoms with Crippen LogP contribution >= 0.6 is 11.3 Å². The average Bonchev–Trinajstić information content (AvgIpc) is 3.13. The number of rotatable bonds is 6. The lowest BCUT2D eigenvalue weighted by Crippen LogP contribution is -2.24. The largest absolute Gasteiger partial charge is 0.497 e. The number of methoxy groups -OCH3 is 1. The molecule has 0 fully saturated rings. The average molecular weight is 402 g/mol. The van der Waals surface area contributed by atoms with Gasteiger partial charge in [-0.3, -0.25) is 14.3 Å². The van der Waals surface area contributed by atoms with Gasteiger partial charge in [0, 0.05) is 5.69 Å². The standard InChI is InChI=1S/C19H22N4O4S/c1-5-27-18(25)11-22-15-7-6-14(26-4)9-16(15)28-19(22)20-17(24)10-23-13(3)8-12(2)21-23/h6-9H,5,10-11H2,1-4H3. The van der Waals surface area contributed by atoms with Crippen molar-refractivity contribution in [2.45, 2.75) is 33.9 Å². The Hall–Kier alpha value is -2.94. The lowest BCUT2D eigenvalue weighted by molar-refractivity contribution is -0.143. The van der Waals surface area contributed by atoms with Crippen LogP contribution in [0.2, 0.25) is 0 Å². The van der Waals surface area contributed by atoms with Gasteiger partial charge in [0.15, 0.2) is 4.80 Å². The van der Waals surface area contributed by atoms with Gasteiger partial charge < -0.3 is 14.0 Å². The molecule has 0 bridgehead atoms. The van der Waals surface area contributed by atoms with Crippen LogP contribution < -0.4 is 9.54 Å². The fraction of sp³-hybridized carbons (Fsp3) is 0.368. The van der Waals surface area contributed by atoms with Gasteiger partial charge in [-0.15, -0.1) is 0 Å². The van der Waals surface area contributed by atoms with E-state index in [0.29, 0.717) is 17.2 Å². The van der Waals surface area contributed by atoms with Gasteiger partial charge in [-0.1, -0.05) is 11.3 Å². The Balaban J connectivity index is 2.01. The van der Waals surface area contributed by atoms with Crippen molar-refractivity contribution in [3.63, 3.8) is 0 Å². The summed E-state index contributed by atoms with van der Waals surface area (Å²) >= 11 is 1.32. The number of amides is 1. The number of carbonyl (C=O) groups excluding carboxylic acids is 2. The fourth-order valence-corrected chi connectivity index (χ4v) is 3.93. The number of thiazole rings is 1. The lowest BCUT2D eigenvalue weighted by atomic mass is 10.3. The molecule has 148 valence electrons. The van der Waals surface area contributed by atoms with Crippen molar-refractivity contribution < 1.29 is 19.1 Å². The highest BCUT2D eigenvalue weighted by atomic mass is 32.1. The molecule has 3 rings (SSSR count). The Morgan fingerprint density at radius 2 is 2.00 bits per heavy atom. The molecular formula is C19H22N4O4S. The van der Waals surface area contributed by atoms with E-state index < -0.39 is 0 Å². The van der Waals surface area contributed by atoms with Crippen molar-refractivity contribution in [1.29, 1.82) is 0 Å². The smallest absolute Gasteiger partial charge is 0.326 e. The number of aromatic nitrogens is 3. The van der Waals surface area contributed by atoms with Gasteiger partial charge in [-0.2, -0.15) is 10.1 Å². The molecule has 8 nitrogen and oxygen atoms in total. The molecule has 28 heavy (non-hydrogen) atoms. The predicted octanol–water partition coefficient (Wildman–Crippen LogP) is 2.22. The summed E-state index contributed by atoms with van der Waals surface area (Å²) in [6.45, 7) is 5.82. The third kappa shape index (κ3) is 4.30. The van der Waals surface area contributed by atoms with Crippen LogP contribution in [-0.2, 0) is 27.4 Å². The summed E-state index contributed by atoms with van der Waals surface area (Å²) < 4.78 is 14.5. The third-order valence-electron chi connectivity index (χ3n) is 4.09. The van der Waals surface area contributed by atoms with E-state index in [2.05, 4.69) is 10.1 Å². The van der Waals surface area contributed by atoms with Gasteiger partial charge in [0.1, 0.15) is 18.8 Å². The molecule has 0 spiro atoms. The number of fused-ring (bicyclic) bond motifs is 1. The maximum atomic E-state index is 12.5. The summed E-state index contributed by atoms with van der Waals surface area (Å²) in [6.07, 6.45) is 0. The van der Waals surface area contributed by atoms with Crippen molar-refractivity contribution in [2.75, 3.05) is 13.7 Å². The topological polar surface area (TPSA) is 87.7 Å². The van der Waals surface area contributed by atoms with Crippen LogP contribution in [0.15, 0.2) is 29.3 Å². The molecule has 0 aliphatic rings. The highest BCUT2D eigenvalue weighted by Crippen LogP contribution is 2.23. The van der Waals surface area contributed by atoms with Crippen molar-refractivity contribution in [3.8, 4) is 5.75 Å². The summed E-state index contributed by atoms with van der Waals surface area (Å²) in [5, 5.41) is 4.29. The minimum absolute atomic E-state index is 0.0216. The summed E-state index contributed by atoms with van der Waals surface area (Å²) in [5.41, 5.74) is 2.52. The third-order valence-corrected chi connectivity index (χ3v) is 5.13. The van der Waals surface area contributed by atoms with E-state index in [4.69, 9.17) is 9.47 Å². The van der Waals surface area contributed by atoms with Crippen LogP contribution in [0, 0.1) is 13.8 Å². The Morgan fingerprint density at radius 1 is 1.21 bits per heavy atom. The minimum Gasteiger partial charge on any atom is -0.497 e. The van der Waals surface area contributed by atoms with Crippen LogP contribution in [0.1, 0.15) is 18.3 Å². The van der Waals surface area contributed by atoms with Crippen molar-refractivity contribution in [3.05, 3.63) is 40.5 Å². The lowest BCUT2D eigenvalue weighted by Gasteiger charge is -2.06. The zero-order valence-electron chi connectivity index (χ0n) is 16.3. The monoisotopic (exact) mass is 402 g/mol. The molecule has 0 radical (unpaired) electrons. The van der Waals surface area contributed by atoms with Gasteiger partial charge >= 0.3 is 5.97 Å². The van der Waals surface area contributed by atoms with Gasteiger partial charge in [-0.25, -0.2) is 0 Å². The summed E-state index contributed by atoms with van der Waals surface area (Å²) in [4.78, 5) is 29.3. The number of hydrogen-bond acceptors (Lipinski definition) is 6. The Labute approximate surface area is 166 Å². The van der Waals surface area contributed by atoms with Crippen LogP contribution in [0.25, 0.3) is 10.2 Å². The second-order valence-corrected chi connectivity index (χ2v) is 7.21. The van der Waals surface area contributed by atoms with Crippen molar-refractivity contribution in [2.24, 2.45) is 4.99 Å². The zero-order chi connectivity index (χ0) is 20.3. The fourth-order valence-electron chi connectivity index (χ4n) is 2.86. The van der Waals surface area contributed by atoms with Gasteiger partial charge in [0.05, 0.1) is 29.6 Å². The first kappa shape index (κ1) is 19.8. The molecule has 0 unspecified atom stereocenters. The van der Waals surface area contributed by atoms with E-state index >= 15 is 0 Å². The number of carbonyl (C=O) groups is 2. The molecule has 0 saturated carbocycles. The first-order chi connectivity index (χ1) is 13.4. The zero-order valence-corrected chi connectivity index (χ0v) is 17.1. The molecule has 3 aromatic rings. The number of ether oxygens (including phenoxy) is 2. The Morgan fingerprint density at radius 3 is 2.64 bits per heavy atom. The van der Waals surface area contributed by atoms with Crippen LogP contribution in [0.4, 0.5) is 0 Å². The predicted molar refractivity (Wildman–Crippen MR) is 105 cm³/mol. The van der Waals surface area contributed by atoms with Crippen LogP contribution in [-0.4, -0.2) is 39.9 Å². The Kier molecular flexibility index (Phi) is 5.93. The molecule has 0 N–H and O–H groups in total. The SMILES string of the molecule is CCOC(=O)Cn1c(=NC(=O)Cn2nc(C)cc2C)sc2cc(OC)ccc21. The van der Waals surface area contributed by atoms with E-state index in [1.165, 1.54) is 11.3 Å². The number of nitrogens with zero attached hydrogens (tertiary/aromatic N) is 4.